The molecule has 7 aromatic heterocycles. The quantitative estimate of drug-likeness (QED) is 0.144. The molecule has 660 valence electrons. The third kappa shape index (κ3) is 11.9. The van der Waals surface area contributed by atoms with Gasteiger partial charge < -0.3 is 22.8 Å². The molecule has 0 amide bonds. The van der Waals surface area contributed by atoms with Crippen molar-refractivity contribution >= 4 is 196 Å². The molecule has 31 rings (SSSR count). The van der Waals surface area contributed by atoms with E-state index in [9.17, 15) is 0 Å². The first kappa shape index (κ1) is 79.5. The molecule has 0 fully saturated rings. The van der Waals surface area contributed by atoms with E-state index >= 15 is 0 Å². The van der Waals surface area contributed by atoms with Gasteiger partial charge in [-0.3, -0.25) is 0 Å². The highest BCUT2D eigenvalue weighted by atomic mass is 15.0. The average Bonchev–Trinajstić information content (AvgIpc) is 1.50. The molecule has 1 aliphatic carbocycles. The molecule has 1 aliphatic rings. The number of benzene rings is 23. The Bertz CT molecular complexity index is 10700. The van der Waals surface area contributed by atoms with Crippen LogP contribution in [0.4, 0.5) is 0 Å². The molecule has 9 nitrogen and oxygen atoms in total. The summed E-state index contributed by atoms with van der Waals surface area (Å²) in [5.74, 6) is 0. The van der Waals surface area contributed by atoms with Crippen molar-refractivity contribution in [2.45, 2.75) is 19.3 Å². The molecular formula is C133H83N9. The topological polar surface area (TPSA) is 76.2 Å². The molecule has 0 aliphatic heterocycles. The van der Waals surface area contributed by atoms with E-state index in [1.165, 1.54) is 158 Å². The Balaban J connectivity index is 0.000000133. The highest BCUT2D eigenvalue weighted by Crippen LogP contribution is 2.53. The summed E-state index contributed by atoms with van der Waals surface area (Å²) in [6.07, 6.45) is 0. The molecule has 0 spiro atoms. The van der Waals surface area contributed by atoms with Crippen LogP contribution in [-0.2, 0) is 5.41 Å². The van der Waals surface area contributed by atoms with Gasteiger partial charge >= 0.3 is 0 Å². The second-order valence-electron chi connectivity index (χ2n) is 38.7. The van der Waals surface area contributed by atoms with Crippen LogP contribution >= 0.6 is 0 Å². The van der Waals surface area contributed by atoms with Crippen LogP contribution in [0.2, 0.25) is 0 Å². The minimum Gasteiger partial charge on any atom is -0.309 e. The number of hydrogen-bond acceptors (Lipinski definition) is 4. The van der Waals surface area contributed by atoms with Gasteiger partial charge in [-0.2, -0.15) is 0 Å². The second kappa shape index (κ2) is 30.7. The zero-order chi connectivity index (χ0) is 93.3. The van der Waals surface area contributed by atoms with Crippen molar-refractivity contribution in [2.24, 2.45) is 0 Å². The maximum Gasteiger partial charge on any atom is 0.0979 e. The molecule has 0 saturated carbocycles. The van der Waals surface area contributed by atoms with Crippen molar-refractivity contribution in [1.29, 1.82) is 0 Å². The Kier molecular flexibility index (Phi) is 17.2. The third-order valence-corrected chi connectivity index (χ3v) is 30.6. The number of fused-ring (bicyclic) bond motifs is 26. The van der Waals surface area contributed by atoms with Gasteiger partial charge in [-0.25, -0.2) is 19.9 Å². The number of nitrogens with zero attached hydrogens (tertiary/aromatic N) is 9. The first-order valence-corrected chi connectivity index (χ1v) is 48.9. The van der Waals surface area contributed by atoms with E-state index < -0.39 is 0 Å². The van der Waals surface area contributed by atoms with E-state index in [0.717, 1.165) is 134 Å². The summed E-state index contributed by atoms with van der Waals surface area (Å²) in [7, 11) is 0. The molecule has 9 heteroatoms. The highest BCUT2D eigenvalue weighted by molar-refractivity contribution is 6.21. The van der Waals surface area contributed by atoms with E-state index in [-0.39, 0.29) is 5.41 Å². The van der Waals surface area contributed by atoms with Crippen LogP contribution in [0.1, 0.15) is 25.0 Å². The first-order valence-electron chi connectivity index (χ1n) is 48.9. The molecule has 142 heavy (non-hydrogen) atoms. The fourth-order valence-corrected chi connectivity index (χ4v) is 24.0. The molecule has 0 saturated heterocycles. The SMILES string of the molecule is CC1(C)c2ccccc2-c2ccc(-c3nc4ccccc4nc3-c3ccc(-n4c5ccccc5c5cc6cc(-n7c8ccccc8c8cc9ccccc9cc87)ccc6cc54)c4ccccc34)cc21.c1ccc(-n2c3ccccc3c3ccc(-c4nc5ccccc5nc4-c4ccc(-n5c6ccccc6c6cc7cc(-n8c9ccccc9c9cc%10ccccc%10cc98)ccc7cc65)c5ccccc45)cc32)cc1. The van der Waals surface area contributed by atoms with Crippen molar-refractivity contribution in [3.05, 3.63) is 478 Å². The number of rotatable bonds is 9. The van der Waals surface area contributed by atoms with Crippen molar-refractivity contribution in [3.8, 4) is 84.6 Å². The zero-order valence-corrected chi connectivity index (χ0v) is 77.5. The highest BCUT2D eigenvalue weighted by Gasteiger charge is 2.36. The van der Waals surface area contributed by atoms with Crippen LogP contribution in [0.15, 0.2) is 467 Å². The number of para-hydroxylation sites is 10. The fourth-order valence-electron chi connectivity index (χ4n) is 24.0. The van der Waals surface area contributed by atoms with Gasteiger partial charge in [-0.1, -0.05) is 305 Å². The Labute approximate surface area is 814 Å². The Morgan fingerprint density at radius 2 is 0.465 bits per heavy atom. The first-order chi connectivity index (χ1) is 70.2. The molecular weight excluding hydrogens is 1720 g/mol. The predicted octanol–water partition coefficient (Wildman–Crippen LogP) is 34.6. The maximum absolute atomic E-state index is 5.50. The number of aromatic nitrogens is 9. The van der Waals surface area contributed by atoms with Crippen LogP contribution in [0.25, 0.3) is 280 Å². The largest absolute Gasteiger partial charge is 0.309 e. The summed E-state index contributed by atoms with van der Waals surface area (Å²) in [5.41, 5.74) is 33.7. The van der Waals surface area contributed by atoms with E-state index in [0.29, 0.717) is 0 Å². The third-order valence-electron chi connectivity index (χ3n) is 30.6. The standard InChI is InChI=1S/C68H41N5.C65H42N4/c1-2-18-47(19-3-1)71-60-27-13-8-22-51(60)54-33-31-45(41-64(54)71)67-68(70-59-26-12-11-25-58(59)69-67)55-34-35-63(50-21-7-6-20-49(50)55)73-62-29-15-10-24-53(62)57-38-46-36-48(32-30-44(46)40-66(57)73)72-61-28-14-9-23-52(61)56-37-42-16-4-5-17-43(42)39-65(56)72;1-65(2)54-22-10-7-18-46(54)47-30-28-42(36-55(47)65)63-64(67-57-24-12-11-23-56(57)66-63)51-31-32-60(48-19-6-5-17-45(48)51)69-59-26-14-9-21-50(59)53-35-43-33-44(29-27-41(43)38-62(53)69)68-58-25-13-8-20-49(58)52-34-39-15-3-4-16-40(39)37-61(52)68/h1-41H;3-38H,1-2H3. The fraction of sp³-hybridized carbons (Fsp3) is 0.0226. The summed E-state index contributed by atoms with van der Waals surface area (Å²) in [6, 6.07) is 171. The Morgan fingerprint density at radius 1 is 0.162 bits per heavy atom. The van der Waals surface area contributed by atoms with Gasteiger partial charge in [0.25, 0.3) is 0 Å². The van der Waals surface area contributed by atoms with Crippen LogP contribution in [-0.4, -0.2) is 42.8 Å². The average molecular weight is 1810 g/mol. The summed E-state index contributed by atoms with van der Waals surface area (Å²) < 4.78 is 12.2. The van der Waals surface area contributed by atoms with Gasteiger partial charge in [-0.15, -0.1) is 0 Å². The molecule has 0 N–H and O–H groups in total. The van der Waals surface area contributed by atoms with Gasteiger partial charge in [-0.05, 0) is 252 Å². The Hall–Kier alpha value is -18.7. The van der Waals surface area contributed by atoms with E-state index in [1.54, 1.807) is 0 Å². The lowest BCUT2D eigenvalue weighted by atomic mass is 9.81. The maximum atomic E-state index is 5.50. The molecule has 23 aromatic carbocycles. The summed E-state index contributed by atoms with van der Waals surface area (Å²) in [5, 5.41) is 26.6. The van der Waals surface area contributed by atoms with Gasteiger partial charge in [0.05, 0.1) is 111 Å². The lowest BCUT2D eigenvalue weighted by Gasteiger charge is -2.22. The smallest absolute Gasteiger partial charge is 0.0979 e. The zero-order valence-electron chi connectivity index (χ0n) is 77.5. The van der Waals surface area contributed by atoms with Crippen molar-refractivity contribution in [1.82, 2.24) is 42.8 Å². The van der Waals surface area contributed by atoms with Gasteiger partial charge in [0, 0.05) is 109 Å². The van der Waals surface area contributed by atoms with Crippen LogP contribution in [0, 0.1) is 0 Å². The van der Waals surface area contributed by atoms with Gasteiger partial charge in [0.2, 0.25) is 0 Å². The molecule has 30 aromatic rings. The van der Waals surface area contributed by atoms with Gasteiger partial charge in [0.15, 0.2) is 0 Å². The van der Waals surface area contributed by atoms with Gasteiger partial charge in [0.1, 0.15) is 0 Å². The summed E-state index contributed by atoms with van der Waals surface area (Å²) >= 11 is 0. The van der Waals surface area contributed by atoms with Crippen molar-refractivity contribution in [2.75, 3.05) is 0 Å². The Morgan fingerprint density at radius 3 is 0.923 bits per heavy atom. The lowest BCUT2D eigenvalue weighted by molar-refractivity contribution is 0.660. The normalized spacial score (nSPS) is 12.6. The van der Waals surface area contributed by atoms with Crippen LogP contribution < -0.4 is 0 Å². The molecule has 0 atom stereocenters. The minimum atomic E-state index is -0.140. The van der Waals surface area contributed by atoms with Crippen LogP contribution in [0.5, 0.6) is 0 Å². The van der Waals surface area contributed by atoms with Crippen molar-refractivity contribution in [3.63, 3.8) is 0 Å². The molecule has 0 bridgehead atoms. The van der Waals surface area contributed by atoms with E-state index in [4.69, 9.17) is 19.9 Å². The second-order valence-corrected chi connectivity index (χ2v) is 38.7. The minimum absolute atomic E-state index is 0.140. The molecule has 0 unspecified atom stereocenters. The van der Waals surface area contributed by atoms with E-state index in [2.05, 4.69) is 486 Å². The summed E-state index contributed by atoms with van der Waals surface area (Å²) in [4.78, 5) is 21.9. The van der Waals surface area contributed by atoms with Crippen LogP contribution in [0.3, 0.4) is 0 Å². The summed E-state index contributed by atoms with van der Waals surface area (Å²) in [6.45, 7) is 4.67. The molecule has 7 heterocycles. The number of hydrogen-bond donors (Lipinski definition) is 0. The molecule has 0 radical (unpaired) electrons. The van der Waals surface area contributed by atoms with E-state index in [1.807, 2.05) is 18.2 Å². The monoisotopic (exact) mass is 1810 g/mol. The van der Waals surface area contributed by atoms with Crippen molar-refractivity contribution < 1.29 is 0 Å². The lowest BCUT2D eigenvalue weighted by Crippen LogP contribution is -2.15. The predicted molar refractivity (Wildman–Crippen MR) is 595 cm³/mol.